The van der Waals surface area contributed by atoms with E-state index in [0.717, 1.165) is 26.4 Å². The average Bonchev–Trinajstić information content (AvgIpc) is 2.58. The van der Waals surface area contributed by atoms with Crippen LogP contribution in [0.1, 0.15) is 26.3 Å². The molecular weight excluding hydrogens is 435 g/mol. The van der Waals surface area contributed by atoms with E-state index in [0.29, 0.717) is 5.56 Å². The highest BCUT2D eigenvalue weighted by molar-refractivity contribution is 7.88. The Morgan fingerprint density at radius 2 is 1.70 bits per heavy atom. The molecule has 1 rings (SSSR count). The number of amides is 1. The van der Waals surface area contributed by atoms with Crippen LogP contribution >= 0.6 is 0 Å². The zero-order valence-corrected chi connectivity index (χ0v) is 17.6. The molecule has 170 valence electrons. The molecule has 13 heteroatoms. The monoisotopic (exact) mass is 457 g/mol. The van der Waals surface area contributed by atoms with Gasteiger partial charge >= 0.3 is 27.7 Å². The van der Waals surface area contributed by atoms with E-state index in [1.54, 1.807) is 20.8 Å². The van der Waals surface area contributed by atoms with Gasteiger partial charge in [-0.2, -0.15) is 21.6 Å². The molecule has 0 saturated carbocycles. The molecule has 1 aromatic carbocycles. The number of hydrogen-bond acceptors (Lipinski definition) is 8. The van der Waals surface area contributed by atoms with Crippen molar-refractivity contribution in [3.05, 3.63) is 23.8 Å². The van der Waals surface area contributed by atoms with Crippen LogP contribution in [0.25, 0.3) is 0 Å². The van der Waals surface area contributed by atoms with Crippen molar-refractivity contribution in [2.75, 3.05) is 14.2 Å². The predicted molar refractivity (Wildman–Crippen MR) is 97.5 cm³/mol. The fraction of sp³-hybridized carbons (Fsp3) is 0.529. The van der Waals surface area contributed by atoms with Gasteiger partial charge in [0.25, 0.3) is 0 Å². The summed E-state index contributed by atoms with van der Waals surface area (Å²) in [7, 11) is -3.71. The Kier molecular flexibility index (Phi) is 7.95. The minimum absolute atomic E-state index is 0.158. The van der Waals surface area contributed by atoms with Crippen LogP contribution in [0.4, 0.5) is 18.0 Å². The number of rotatable bonds is 7. The molecule has 0 aliphatic carbocycles. The summed E-state index contributed by atoms with van der Waals surface area (Å²) >= 11 is 0. The number of halogens is 3. The number of carbonyl (C=O) groups excluding carboxylic acids is 2. The summed E-state index contributed by atoms with van der Waals surface area (Å²) < 4.78 is 78.6. The predicted octanol–water partition coefficient (Wildman–Crippen LogP) is 2.53. The molecule has 0 saturated heterocycles. The molecule has 30 heavy (non-hydrogen) atoms. The third-order valence-electron chi connectivity index (χ3n) is 3.33. The molecule has 0 aliphatic heterocycles. The maximum absolute atomic E-state index is 12.5. The Hall–Kier alpha value is -2.70. The van der Waals surface area contributed by atoms with Gasteiger partial charge in [0.2, 0.25) is 0 Å². The third-order valence-corrected chi connectivity index (χ3v) is 4.29. The van der Waals surface area contributed by atoms with E-state index in [2.05, 4.69) is 14.2 Å². The molecule has 1 amide bonds. The molecule has 0 heterocycles. The van der Waals surface area contributed by atoms with Gasteiger partial charge in [-0.05, 0) is 38.5 Å². The summed E-state index contributed by atoms with van der Waals surface area (Å²) in [5.41, 5.74) is -6.14. The van der Waals surface area contributed by atoms with Crippen molar-refractivity contribution in [1.29, 1.82) is 0 Å². The number of alkyl halides is 3. The standard InChI is InChI=1S/C17H22F3NO8S/c1-16(2,3)28-15(23)21-11(14(22)27-5)8-10-6-7-12(13(9-10)26-4)29-30(24,25)17(18,19)20/h6-7,9,11H,8H2,1-5H3,(H,21,23)/t11-/m0/s1. The molecular formula is C17H22F3NO8S. The minimum atomic E-state index is -5.90. The lowest BCUT2D eigenvalue weighted by Crippen LogP contribution is -2.45. The Bertz CT molecular complexity index is 878. The van der Waals surface area contributed by atoms with Crippen LogP contribution in [0, 0.1) is 0 Å². The number of carbonyl (C=O) groups is 2. The second kappa shape index (κ2) is 9.41. The van der Waals surface area contributed by atoms with Crippen molar-refractivity contribution in [2.45, 2.75) is 44.3 Å². The van der Waals surface area contributed by atoms with E-state index >= 15 is 0 Å². The molecule has 0 aromatic heterocycles. The lowest BCUT2D eigenvalue weighted by Gasteiger charge is -2.22. The third kappa shape index (κ3) is 7.28. The quantitative estimate of drug-likeness (QED) is 0.377. The second-order valence-electron chi connectivity index (χ2n) is 6.89. The summed E-state index contributed by atoms with van der Waals surface area (Å²) in [4.78, 5) is 23.9. The number of methoxy groups -OCH3 is 2. The molecule has 0 aliphatic rings. The Balaban J connectivity index is 3.09. The molecule has 0 unspecified atom stereocenters. The number of hydrogen-bond donors (Lipinski definition) is 1. The van der Waals surface area contributed by atoms with Crippen LogP contribution in [0.2, 0.25) is 0 Å². The van der Waals surface area contributed by atoms with Crippen LogP contribution in [0.15, 0.2) is 18.2 Å². The van der Waals surface area contributed by atoms with Crippen molar-refractivity contribution in [3.8, 4) is 11.5 Å². The molecule has 1 atom stereocenters. The van der Waals surface area contributed by atoms with Crippen LogP contribution in [0.5, 0.6) is 11.5 Å². The van der Waals surface area contributed by atoms with E-state index in [9.17, 15) is 31.2 Å². The van der Waals surface area contributed by atoms with Gasteiger partial charge in [0.05, 0.1) is 14.2 Å². The molecule has 0 bridgehead atoms. The first-order chi connectivity index (χ1) is 13.6. The van der Waals surface area contributed by atoms with Crippen LogP contribution in [0.3, 0.4) is 0 Å². The first kappa shape index (κ1) is 25.3. The van der Waals surface area contributed by atoms with Gasteiger partial charge in [-0.25, -0.2) is 9.59 Å². The molecule has 0 fully saturated rings. The highest BCUT2D eigenvalue weighted by atomic mass is 32.2. The highest BCUT2D eigenvalue weighted by Crippen LogP contribution is 2.33. The zero-order valence-electron chi connectivity index (χ0n) is 16.8. The van der Waals surface area contributed by atoms with Gasteiger partial charge < -0.3 is 23.7 Å². The zero-order chi connectivity index (χ0) is 23.3. The second-order valence-corrected chi connectivity index (χ2v) is 8.43. The van der Waals surface area contributed by atoms with Gasteiger partial charge in [0.1, 0.15) is 11.6 Å². The topological polar surface area (TPSA) is 117 Å². The maximum atomic E-state index is 12.5. The van der Waals surface area contributed by atoms with E-state index in [1.807, 2.05) is 0 Å². The van der Waals surface area contributed by atoms with Gasteiger partial charge in [0, 0.05) is 6.42 Å². The fourth-order valence-corrected chi connectivity index (χ4v) is 2.56. The first-order valence-electron chi connectivity index (χ1n) is 8.34. The number of alkyl carbamates (subject to hydrolysis) is 1. The molecule has 0 radical (unpaired) electrons. The lowest BCUT2D eigenvalue weighted by atomic mass is 10.1. The van der Waals surface area contributed by atoms with Crippen molar-refractivity contribution >= 4 is 22.2 Å². The van der Waals surface area contributed by atoms with Crippen molar-refractivity contribution in [1.82, 2.24) is 5.32 Å². The first-order valence-corrected chi connectivity index (χ1v) is 9.75. The number of benzene rings is 1. The van der Waals surface area contributed by atoms with E-state index < -0.39 is 45.1 Å². The highest BCUT2D eigenvalue weighted by Gasteiger charge is 2.49. The van der Waals surface area contributed by atoms with Gasteiger partial charge in [-0.15, -0.1) is 0 Å². The Morgan fingerprint density at radius 3 is 2.17 bits per heavy atom. The van der Waals surface area contributed by atoms with Crippen LogP contribution < -0.4 is 14.2 Å². The molecule has 9 nitrogen and oxygen atoms in total. The largest absolute Gasteiger partial charge is 0.534 e. The number of nitrogens with one attached hydrogen (secondary N) is 1. The molecule has 1 N–H and O–H groups in total. The lowest BCUT2D eigenvalue weighted by molar-refractivity contribution is -0.143. The van der Waals surface area contributed by atoms with Crippen molar-refractivity contribution < 1.29 is 49.6 Å². The van der Waals surface area contributed by atoms with E-state index in [-0.39, 0.29) is 12.2 Å². The number of esters is 1. The summed E-state index contributed by atoms with van der Waals surface area (Å²) in [6.45, 7) is 4.87. The van der Waals surface area contributed by atoms with Gasteiger partial charge in [-0.1, -0.05) is 6.07 Å². The summed E-state index contributed by atoms with van der Waals surface area (Å²) in [5.74, 6) is -1.84. The van der Waals surface area contributed by atoms with Crippen LogP contribution in [-0.4, -0.2) is 51.9 Å². The van der Waals surface area contributed by atoms with Gasteiger partial charge in [-0.3, -0.25) is 0 Å². The average molecular weight is 457 g/mol. The van der Waals surface area contributed by atoms with E-state index in [4.69, 9.17) is 9.47 Å². The summed E-state index contributed by atoms with van der Waals surface area (Å²) in [5, 5.41) is 2.33. The van der Waals surface area contributed by atoms with E-state index in [1.165, 1.54) is 6.07 Å². The molecule has 1 aromatic rings. The maximum Gasteiger partial charge on any atom is 0.534 e. The Morgan fingerprint density at radius 1 is 1.10 bits per heavy atom. The normalized spacial score (nSPS) is 13.2. The summed E-state index contributed by atoms with van der Waals surface area (Å²) in [6, 6.07) is 2.10. The summed E-state index contributed by atoms with van der Waals surface area (Å²) in [6.07, 6.45) is -1.05. The Labute approximate surface area is 171 Å². The van der Waals surface area contributed by atoms with Crippen molar-refractivity contribution in [2.24, 2.45) is 0 Å². The van der Waals surface area contributed by atoms with Crippen molar-refractivity contribution in [3.63, 3.8) is 0 Å². The minimum Gasteiger partial charge on any atom is -0.493 e. The van der Waals surface area contributed by atoms with Gasteiger partial charge in [0.15, 0.2) is 11.5 Å². The SMILES string of the molecule is COC(=O)[C@H](Cc1ccc(OS(=O)(=O)C(F)(F)F)c(OC)c1)NC(=O)OC(C)(C)C. The smallest absolute Gasteiger partial charge is 0.493 e. The number of ether oxygens (including phenoxy) is 3. The van der Waals surface area contributed by atoms with Crippen LogP contribution in [-0.2, 0) is 30.8 Å². The fourth-order valence-electron chi connectivity index (χ4n) is 2.09. The molecule has 0 spiro atoms.